The van der Waals surface area contributed by atoms with E-state index in [0.29, 0.717) is 28.5 Å². The molecule has 2 aromatic heterocycles. The van der Waals surface area contributed by atoms with E-state index in [4.69, 9.17) is 0 Å². The third-order valence-corrected chi connectivity index (χ3v) is 5.16. The van der Waals surface area contributed by atoms with Crippen LogP contribution in [0.3, 0.4) is 0 Å². The molecule has 4 rings (SSSR count). The molecule has 3 aromatic rings. The monoisotopic (exact) mass is 422 g/mol. The second-order valence-corrected chi connectivity index (χ2v) is 7.48. The van der Waals surface area contributed by atoms with Crippen LogP contribution >= 0.6 is 0 Å². The number of nitrogens with zero attached hydrogens (tertiary/aromatic N) is 5. The van der Waals surface area contributed by atoms with Crippen molar-refractivity contribution in [1.29, 1.82) is 0 Å². The van der Waals surface area contributed by atoms with Crippen molar-refractivity contribution in [1.82, 2.24) is 25.3 Å². The zero-order chi connectivity index (χ0) is 21.8. The Labute approximate surface area is 177 Å². The van der Waals surface area contributed by atoms with Crippen molar-refractivity contribution >= 4 is 40.1 Å². The van der Waals surface area contributed by atoms with Crippen LogP contribution in [0.4, 0.5) is 23.1 Å². The van der Waals surface area contributed by atoms with Gasteiger partial charge < -0.3 is 16.0 Å². The quantitative estimate of drug-likeness (QED) is 0.403. The first-order chi connectivity index (χ1) is 15.0. The lowest BCUT2D eigenvalue weighted by molar-refractivity contribution is -0.384. The van der Waals surface area contributed by atoms with Crippen molar-refractivity contribution in [3.8, 4) is 0 Å². The normalized spacial score (nSPS) is 18.4. The van der Waals surface area contributed by atoms with Crippen molar-refractivity contribution < 1.29 is 9.72 Å². The SMILES string of the molecule is CC(=O)NC1CCC(Nc2ncc3ncnc(Nc4cccc([N+](=O)[O-])c4)c3n2)CC1. The fourth-order valence-corrected chi connectivity index (χ4v) is 3.70. The Bertz CT molecular complexity index is 1110. The Balaban J connectivity index is 1.50. The van der Waals surface area contributed by atoms with E-state index in [9.17, 15) is 14.9 Å². The van der Waals surface area contributed by atoms with Gasteiger partial charge in [0.15, 0.2) is 5.82 Å². The average Bonchev–Trinajstić information content (AvgIpc) is 2.75. The molecule has 1 amide bonds. The van der Waals surface area contributed by atoms with Crippen molar-refractivity contribution in [2.75, 3.05) is 10.6 Å². The summed E-state index contributed by atoms with van der Waals surface area (Å²) >= 11 is 0. The number of hydrogen-bond donors (Lipinski definition) is 3. The number of anilines is 3. The third-order valence-electron chi connectivity index (χ3n) is 5.16. The van der Waals surface area contributed by atoms with Crippen LogP contribution < -0.4 is 16.0 Å². The van der Waals surface area contributed by atoms with Gasteiger partial charge in [-0.1, -0.05) is 6.07 Å². The molecular weight excluding hydrogens is 400 g/mol. The topological polar surface area (TPSA) is 148 Å². The summed E-state index contributed by atoms with van der Waals surface area (Å²) in [7, 11) is 0. The Morgan fingerprint density at radius 1 is 1.13 bits per heavy atom. The standard InChI is InChI=1S/C20H22N8O3/c1-12(29)24-13-5-7-14(8-6-13)26-20-21-10-17-18(27-20)19(23-11-22-17)25-15-3-2-4-16(9-15)28(30)31/h2-4,9-11,13-14H,5-8H2,1H3,(H,24,29)(H,21,26,27)(H,22,23,25). The van der Waals surface area contributed by atoms with Gasteiger partial charge in [-0.3, -0.25) is 14.9 Å². The molecule has 31 heavy (non-hydrogen) atoms. The lowest BCUT2D eigenvalue weighted by atomic mass is 9.91. The lowest BCUT2D eigenvalue weighted by Crippen LogP contribution is -2.39. The van der Waals surface area contributed by atoms with Crippen LogP contribution in [0.5, 0.6) is 0 Å². The van der Waals surface area contributed by atoms with Crippen LogP contribution in [-0.4, -0.2) is 42.9 Å². The van der Waals surface area contributed by atoms with E-state index >= 15 is 0 Å². The first-order valence-corrected chi connectivity index (χ1v) is 10.0. The highest BCUT2D eigenvalue weighted by atomic mass is 16.6. The van der Waals surface area contributed by atoms with Crippen LogP contribution in [0.1, 0.15) is 32.6 Å². The van der Waals surface area contributed by atoms with Crippen LogP contribution in [0.2, 0.25) is 0 Å². The van der Waals surface area contributed by atoms with Gasteiger partial charge in [-0.25, -0.2) is 19.9 Å². The van der Waals surface area contributed by atoms with Gasteiger partial charge in [0.2, 0.25) is 11.9 Å². The Kier molecular flexibility index (Phi) is 5.83. The van der Waals surface area contributed by atoms with Crippen LogP contribution in [0.15, 0.2) is 36.8 Å². The van der Waals surface area contributed by atoms with Crippen LogP contribution in [0.25, 0.3) is 11.0 Å². The van der Waals surface area contributed by atoms with Gasteiger partial charge in [-0.15, -0.1) is 0 Å². The molecule has 11 nitrogen and oxygen atoms in total. The molecule has 1 saturated carbocycles. The van der Waals surface area contributed by atoms with Crippen molar-refractivity contribution in [3.05, 3.63) is 46.9 Å². The molecule has 0 saturated heterocycles. The van der Waals surface area contributed by atoms with E-state index < -0.39 is 4.92 Å². The van der Waals surface area contributed by atoms with E-state index in [-0.39, 0.29) is 23.7 Å². The summed E-state index contributed by atoms with van der Waals surface area (Å²) in [6.07, 6.45) is 6.60. The molecule has 1 aliphatic carbocycles. The van der Waals surface area contributed by atoms with E-state index in [1.54, 1.807) is 18.3 Å². The van der Waals surface area contributed by atoms with Gasteiger partial charge in [-0.2, -0.15) is 0 Å². The first kappa shape index (κ1) is 20.4. The number of carbonyl (C=O) groups is 1. The molecule has 11 heteroatoms. The van der Waals surface area contributed by atoms with Crippen molar-refractivity contribution in [2.24, 2.45) is 0 Å². The minimum absolute atomic E-state index is 0.00181. The Morgan fingerprint density at radius 3 is 2.65 bits per heavy atom. The molecule has 1 aromatic carbocycles. The lowest BCUT2D eigenvalue weighted by Gasteiger charge is -2.29. The van der Waals surface area contributed by atoms with Crippen molar-refractivity contribution in [3.63, 3.8) is 0 Å². The summed E-state index contributed by atoms with van der Waals surface area (Å²) in [5.41, 5.74) is 1.58. The molecular formula is C20H22N8O3. The van der Waals surface area contributed by atoms with Gasteiger partial charge in [-0.05, 0) is 31.7 Å². The number of nitro benzene ring substituents is 1. The minimum atomic E-state index is -0.450. The number of benzene rings is 1. The fraction of sp³-hybridized carbons (Fsp3) is 0.350. The molecule has 0 unspecified atom stereocenters. The van der Waals surface area contributed by atoms with E-state index in [1.807, 2.05) is 0 Å². The highest BCUT2D eigenvalue weighted by molar-refractivity contribution is 5.87. The molecule has 0 atom stereocenters. The predicted molar refractivity (Wildman–Crippen MR) is 115 cm³/mol. The van der Waals surface area contributed by atoms with Crippen LogP contribution in [-0.2, 0) is 4.79 Å². The van der Waals surface area contributed by atoms with Gasteiger partial charge >= 0.3 is 0 Å². The molecule has 1 fully saturated rings. The number of non-ortho nitro benzene ring substituents is 1. The van der Waals surface area contributed by atoms with E-state index in [0.717, 1.165) is 25.7 Å². The molecule has 0 aliphatic heterocycles. The summed E-state index contributed by atoms with van der Waals surface area (Å²) in [6, 6.07) is 6.60. The molecule has 160 valence electrons. The summed E-state index contributed by atoms with van der Waals surface area (Å²) in [4.78, 5) is 39.2. The summed E-state index contributed by atoms with van der Waals surface area (Å²) in [6.45, 7) is 1.54. The smallest absolute Gasteiger partial charge is 0.271 e. The highest BCUT2D eigenvalue weighted by Crippen LogP contribution is 2.26. The zero-order valence-corrected chi connectivity index (χ0v) is 16.9. The number of rotatable bonds is 6. The number of fused-ring (bicyclic) bond motifs is 1. The van der Waals surface area contributed by atoms with Gasteiger partial charge in [0, 0.05) is 36.8 Å². The fourth-order valence-electron chi connectivity index (χ4n) is 3.70. The molecule has 0 bridgehead atoms. The number of nitrogens with one attached hydrogen (secondary N) is 3. The number of hydrogen-bond acceptors (Lipinski definition) is 9. The van der Waals surface area contributed by atoms with Crippen molar-refractivity contribution in [2.45, 2.75) is 44.7 Å². The number of nitro groups is 1. The number of amides is 1. The maximum Gasteiger partial charge on any atom is 0.271 e. The highest BCUT2D eigenvalue weighted by Gasteiger charge is 2.22. The summed E-state index contributed by atoms with van der Waals surface area (Å²) in [5, 5.41) is 20.4. The maximum absolute atomic E-state index is 11.2. The first-order valence-electron chi connectivity index (χ1n) is 10.0. The maximum atomic E-state index is 11.2. The molecule has 0 radical (unpaired) electrons. The van der Waals surface area contributed by atoms with E-state index in [1.165, 1.54) is 25.4 Å². The Hall–Kier alpha value is -3.89. The second kappa shape index (κ2) is 8.86. The van der Waals surface area contributed by atoms with Gasteiger partial charge in [0.05, 0.1) is 11.1 Å². The molecule has 3 N–H and O–H groups in total. The summed E-state index contributed by atoms with van der Waals surface area (Å²) in [5.74, 6) is 0.899. The van der Waals surface area contributed by atoms with Gasteiger partial charge in [0.1, 0.15) is 17.4 Å². The van der Waals surface area contributed by atoms with Gasteiger partial charge in [0.25, 0.3) is 5.69 Å². The predicted octanol–water partition coefficient (Wildman–Crippen LogP) is 2.93. The second-order valence-electron chi connectivity index (χ2n) is 7.48. The average molecular weight is 422 g/mol. The van der Waals surface area contributed by atoms with E-state index in [2.05, 4.69) is 35.9 Å². The zero-order valence-electron chi connectivity index (χ0n) is 16.9. The Morgan fingerprint density at radius 2 is 1.90 bits per heavy atom. The summed E-state index contributed by atoms with van der Waals surface area (Å²) < 4.78 is 0. The number of aromatic nitrogens is 4. The number of carbonyl (C=O) groups excluding carboxylic acids is 1. The minimum Gasteiger partial charge on any atom is -0.354 e. The molecule has 2 heterocycles. The van der Waals surface area contributed by atoms with Crippen LogP contribution in [0, 0.1) is 10.1 Å². The third kappa shape index (κ3) is 5.00. The molecule has 1 aliphatic rings. The largest absolute Gasteiger partial charge is 0.354 e. The molecule has 0 spiro atoms.